The molecule has 0 saturated carbocycles. The van der Waals surface area contributed by atoms with Crippen molar-refractivity contribution in [3.63, 3.8) is 0 Å². The lowest BCUT2D eigenvalue weighted by atomic mass is 10.2. The SMILES string of the molecule is Cc1cc2c(cc1S(=O)(=O)N1CCCC1CN)OCO2. The first-order valence-corrected chi connectivity index (χ1v) is 8.10. The van der Waals surface area contributed by atoms with Crippen molar-refractivity contribution in [2.24, 2.45) is 5.73 Å². The summed E-state index contributed by atoms with van der Waals surface area (Å²) in [5, 5.41) is 0. The van der Waals surface area contributed by atoms with E-state index in [1.54, 1.807) is 19.1 Å². The molecule has 1 saturated heterocycles. The average Bonchev–Trinajstić information content (AvgIpc) is 3.05. The topological polar surface area (TPSA) is 81.9 Å². The highest BCUT2D eigenvalue weighted by Gasteiger charge is 2.36. The monoisotopic (exact) mass is 298 g/mol. The van der Waals surface area contributed by atoms with Gasteiger partial charge in [-0.25, -0.2) is 8.42 Å². The number of hydrogen-bond donors (Lipinski definition) is 1. The predicted octanol–water partition coefficient (Wildman–Crippen LogP) is 0.836. The van der Waals surface area contributed by atoms with Gasteiger partial charge in [-0.2, -0.15) is 4.31 Å². The van der Waals surface area contributed by atoms with Crippen LogP contribution in [0.15, 0.2) is 17.0 Å². The lowest BCUT2D eigenvalue weighted by Gasteiger charge is -2.23. The molecule has 1 aromatic rings. The molecule has 110 valence electrons. The van der Waals surface area contributed by atoms with Crippen molar-refractivity contribution in [2.45, 2.75) is 30.7 Å². The van der Waals surface area contributed by atoms with E-state index in [1.165, 1.54) is 4.31 Å². The molecule has 7 heteroatoms. The van der Waals surface area contributed by atoms with E-state index in [9.17, 15) is 8.42 Å². The summed E-state index contributed by atoms with van der Waals surface area (Å²) in [5.41, 5.74) is 6.34. The predicted molar refractivity (Wildman–Crippen MR) is 73.3 cm³/mol. The lowest BCUT2D eigenvalue weighted by Crippen LogP contribution is -2.40. The molecule has 2 heterocycles. The zero-order valence-corrected chi connectivity index (χ0v) is 12.1. The Morgan fingerprint density at radius 2 is 2.05 bits per heavy atom. The number of hydrogen-bond acceptors (Lipinski definition) is 5. The minimum atomic E-state index is -3.53. The average molecular weight is 298 g/mol. The third kappa shape index (κ3) is 2.06. The quantitative estimate of drug-likeness (QED) is 0.894. The fraction of sp³-hybridized carbons (Fsp3) is 0.538. The number of nitrogens with two attached hydrogens (primary N) is 1. The van der Waals surface area contributed by atoms with Crippen LogP contribution in [0.1, 0.15) is 18.4 Å². The van der Waals surface area contributed by atoms with E-state index in [0.29, 0.717) is 30.2 Å². The number of ether oxygens (including phenoxy) is 2. The molecule has 3 rings (SSSR count). The van der Waals surface area contributed by atoms with Crippen LogP contribution < -0.4 is 15.2 Å². The van der Waals surface area contributed by atoms with E-state index in [-0.39, 0.29) is 17.7 Å². The number of benzene rings is 1. The molecular formula is C13H18N2O4S. The lowest BCUT2D eigenvalue weighted by molar-refractivity contribution is 0.174. The highest BCUT2D eigenvalue weighted by molar-refractivity contribution is 7.89. The molecule has 1 unspecified atom stereocenters. The minimum absolute atomic E-state index is 0.107. The molecule has 2 aliphatic heterocycles. The highest BCUT2D eigenvalue weighted by Crippen LogP contribution is 2.38. The van der Waals surface area contributed by atoms with Gasteiger partial charge in [-0.3, -0.25) is 0 Å². The Kier molecular flexibility index (Phi) is 3.35. The number of fused-ring (bicyclic) bond motifs is 1. The van der Waals surface area contributed by atoms with Crippen molar-refractivity contribution < 1.29 is 17.9 Å². The molecule has 0 aromatic heterocycles. The molecule has 6 nitrogen and oxygen atoms in total. The van der Waals surface area contributed by atoms with Crippen LogP contribution in [0.5, 0.6) is 11.5 Å². The smallest absolute Gasteiger partial charge is 0.243 e. The number of rotatable bonds is 3. The van der Waals surface area contributed by atoms with Crippen LogP contribution in [0, 0.1) is 6.92 Å². The van der Waals surface area contributed by atoms with Gasteiger partial charge in [0.25, 0.3) is 0 Å². The normalized spacial score (nSPS) is 22.4. The zero-order chi connectivity index (χ0) is 14.3. The molecule has 1 fully saturated rings. The first-order chi connectivity index (χ1) is 9.54. The molecule has 0 amide bonds. The maximum Gasteiger partial charge on any atom is 0.243 e. The summed E-state index contributed by atoms with van der Waals surface area (Å²) < 4.78 is 37.6. The summed E-state index contributed by atoms with van der Waals surface area (Å²) in [5.74, 6) is 1.08. The van der Waals surface area contributed by atoms with Crippen LogP contribution in [0.3, 0.4) is 0 Å². The minimum Gasteiger partial charge on any atom is -0.454 e. The van der Waals surface area contributed by atoms with Gasteiger partial charge in [0.15, 0.2) is 11.5 Å². The van der Waals surface area contributed by atoms with Gasteiger partial charge in [0, 0.05) is 25.2 Å². The Morgan fingerprint density at radius 3 is 2.75 bits per heavy atom. The number of sulfonamides is 1. The van der Waals surface area contributed by atoms with Crippen molar-refractivity contribution in [1.82, 2.24) is 4.31 Å². The van der Waals surface area contributed by atoms with Gasteiger partial charge < -0.3 is 15.2 Å². The van der Waals surface area contributed by atoms with Gasteiger partial charge in [0.2, 0.25) is 16.8 Å². The maximum atomic E-state index is 12.8. The Morgan fingerprint density at radius 1 is 1.35 bits per heavy atom. The summed E-state index contributed by atoms with van der Waals surface area (Å²) in [6.45, 7) is 2.77. The van der Waals surface area contributed by atoms with Crippen LogP contribution >= 0.6 is 0 Å². The van der Waals surface area contributed by atoms with Crippen molar-refractivity contribution in [2.75, 3.05) is 19.9 Å². The Balaban J connectivity index is 2.03. The standard InChI is InChI=1S/C13H18N2O4S/c1-9-5-11-12(19-8-18-11)6-13(9)20(16,17)15-4-2-3-10(15)7-14/h5-6,10H,2-4,7-8,14H2,1H3. The molecule has 20 heavy (non-hydrogen) atoms. The summed E-state index contributed by atoms with van der Waals surface area (Å²) in [4.78, 5) is 0.280. The van der Waals surface area contributed by atoms with Crippen molar-refractivity contribution in [1.29, 1.82) is 0 Å². The fourth-order valence-electron chi connectivity index (χ4n) is 2.79. The third-order valence-corrected chi connectivity index (χ3v) is 5.95. The van der Waals surface area contributed by atoms with E-state index >= 15 is 0 Å². The van der Waals surface area contributed by atoms with Gasteiger partial charge in [-0.15, -0.1) is 0 Å². The Labute approximate surface area is 118 Å². The van der Waals surface area contributed by atoms with Crippen molar-refractivity contribution in [3.8, 4) is 11.5 Å². The second-order valence-corrected chi connectivity index (χ2v) is 6.98. The molecule has 1 aromatic carbocycles. The molecule has 0 aliphatic carbocycles. The van der Waals surface area contributed by atoms with E-state index < -0.39 is 10.0 Å². The second kappa shape index (κ2) is 4.91. The zero-order valence-electron chi connectivity index (χ0n) is 11.3. The van der Waals surface area contributed by atoms with Crippen LogP contribution in [0.25, 0.3) is 0 Å². The number of aryl methyl sites for hydroxylation is 1. The maximum absolute atomic E-state index is 12.8. The Bertz CT molecular complexity index is 630. The van der Waals surface area contributed by atoms with E-state index in [4.69, 9.17) is 15.2 Å². The van der Waals surface area contributed by atoms with Crippen molar-refractivity contribution >= 4 is 10.0 Å². The first-order valence-electron chi connectivity index (χ1n) is 6.66. The van der Waals surface area contributed by atoms with Crippen LogP contribution in [0.2, 0.25) is 0 Å². The first kappa shape index (κ1) is 13.7. The van der Waals surface area contributed by atoms with E-state index in [2.05, 4.69) is 0 Å². The van der Waals surface area contributed by atoms with Gasteiger partial charge in [0.1, 0.15) is 0 Å². The van der Waals surface area contributed by atoms with Gasteiger partial charge >= 0.3 is 0 Å². The molecule has 0 bridgehead atoms. The van der Waals surface area contributed by atoms with Crippen LogP contribution in [-0.4, -0.2) is 38.6 Å². The summed E-state index contributed by atoms with van der Waals surface area (Å²) >= 11 is 0. The second-order valence-electron chi connectivity index (χ2n) is 5.12. The summed E-state index contributed by atoms with van der Waals surface area (Å²) in [6, 6.07) is 3.16. The molecule has 0 radical (unpaired) electrons. The van der Waals surface area contributed by atoms with Crippen LogP contribution in [-0.2, 0) is 10.0 Å². The summed E-state index contributed by atoms with van der Waals surface area (Å²) in [7, 11) is -3.53. The largest absolute Gasteiger partial charge is 0.454 e. The van der Waals surface area contributed by atoms with E-state index in [0.717, 1.165) is 12.8 Å². The molecule has 1 atom stereocenters. The van der Waals surface area contributed by atoms with E-state index in [1.807, 2.05) is 0 Å². The third-order valence-electron chi connectivity index (χ3n) is 3.85. The van der Waals surface area contributed by atoms with Crippen molar-refractivity contribution in [3.05, 3.63) is 17.7 Å². The molecular weight excluding hydrogens is 280 g/mol. The Hall–Kier alpha value is -1.31. The fourth-order valence-corrected chi connectivity index (χ4v) is 4.72. The van der Waals surface area contributed by atoms with Gasteiger partial charge in [-0.1, -0.05) is 0 Å². The molecule has 2 aliphatic rings. The molecule has 2 N–H and O–H groups in total. The highest BCUT2D eigenvalue weighted by atomic mass is 32.2. The van der Waals surface area contributed by atoms with Gasteiger partial charge in [0.05, 0.1) is 4.90 Å². The van der Waals surface area contributed by atoms with Crippen LogP contribution in [0.4, 0.5) is 0 Å². The van der Waals surface area contributed by atoms with Gasteiger partial charge in [-0.05, 0) is 31.4 Å². The number of nitrogens with zero attached hydrogens (tertiary/aromatic N) is 1. The summed E-state index contributed by atoms with van der Waals surface area (Å²) in [6.07, 6.45) is 1.67. The molecule has 0 spiro atoms.